The molecule has 1 saturated heterocycles. The van der Waals surface area contributed by atoms with Crippen LogP contribution in [0.5, 0.6) is 0 Å². The molecule has 32 heavy (non-hydrogen) atoms. The summed E-state index contributed by atoms with van der Waals surface area (Å²) in [6.45, 7) is 2.09. The van der Waals surface area contributed by atoms with Gasteiger partial charge in [-0.2, -0.15) is 4.31 Å². The second kappa shape index (κ2) is 10.1. The predicted molar refractivity (Wildman–Crippen MR) is 126 cm³/mol. The monoisotopic (exact) mass is 452 g/mol. The molecule has 1 aromatic heterocycles. The molecule has 168 valence electrons. The number of amides is 1. The molecule has 1 aliphatic rings. The van der Waals surface area contributed by atoms with Gasteiger partial charge < -0.3 is 9.88 Å². The summed E-state index contributed by atoms with van der Waals surface area (Å²) in [5.74, 6) is -0.133. The van der Waals surface area contributed by atoms with E-state index in [1.807, 2.05) is 60.9 Å². The molecule has 0 saturated carbocycles. The highest BCUT2D eigenvalue weighted by molar-refractivity contribution is 7.92. The van der Waals surface area contributed by atoms with Gasteiger partial charge in [-0.25, -0.2) is 13.4 Å². The molecule has 2 aromatic carbocycles. The van der Waals surface area contributed by atoms with Gasteiger partial charge in [0.15, 0.2) is 0 Å². The first-order valence-electron chi connectivity index (χ1n) is 10.9. The molecule has 0 unspecified atom stereocenters. The maximum Gasteiger partial charge on any atom is 0.236 e. The van der Waals surface area contributed by atoms with E-state index in [-0.39, 0.29) is 11.8 Å². The zero-order valence-electron chi connectivity index (χ0n) is 17.9. The van der Waals surface area contributed by atoms with Gasteiger partial charge in [0, 0.05) is 37.5 Å². The summed E-state index contributed by atoms with van der Waals surface area (Å²) >= 11 is 0. The highest BCUT2D eigenvalue weighted by Crippen LogP contribution is 2.21. The topological polar surface area (TPSA) is 84.3 Å². The molecular formula is C24H28N4O3S. The van der Waals surface area contributed by atoms with E-state index < -0.39 is 10.0 Å². The van der Waals surface area contributed by atoms with E-state index in [2.05, 4.69) is 14.9 Å². The van der Waals surface area contributed by atoms with Crippen molar-refractivity contribution in [2.75, 3.05) is 19.6 Å². The minimum Gasteiger partial charge on any atom is -0.356 e. The van der Waals surface area contributed by atoms with Crippen molar-refractivity contribution in [2.24, 2.45) is 5.92 Å². The van der Waals surface area contributed by atoms with Crippen LogP contribution in [-0.4, -0.2) is 47.8 Å². The fraction of sp³-hybridized carbons (Fsp3) is 0.333. The number of para-hydroxylation sites is 2. The van der Waals surface area contributed by atoms with E-state index in [4.69, 9.17) is 0 Å². The van der Waals surface area contributed by atoms with Crippen LogP contribution < -0.4 is 5.32 Å². The summed E-state index contributed by atoms with van der Waals surface area (Å²) in [6.07, 6.45) is 5.32. The zero-order valence-corrected chi connectivity index (χ0v) is 18.7. The third kappa shape index (κ3) is 5.44. The molecule has 0 radical (unpaired) electrons. The van der Waals surface area contributed by atoms with Gasteiger partial charge in [0.05, 0.1) is 17.4 Å². The number of aromatic nitrogens is 2. The quantitative estimate of drug-likeness (QED) is 0.532. The molecule has 7 nitrogen and oxygen atoms in total. The lowest BCUT2D eigenvalue weighted by molar-refractivity contribution is -0.126. The van der Waals surface area contributed by atoms with Gasteiger partial charge in [0.2, 0.25) is 15.9 Å². The van der Waals surface area contributed by atoms with Gasteiger partial charge in [0.25, 0.3) is 0 Å². The van der Waals surface area contributed by atoms with Crippen LogP contribution in [0.3, 0.4) is 0 Å². The first kappa shape index (κ1) is 22.2. The number of nitrogens with zero attached hydrogens (tertiary/aromatic N) is 3. The number of rotatable bonds is 8. The van der Waals surface area contributed by atoms with Crippen LogP contribution in [0.25, 0.3) is 17.1 Å². The number of imidazole rings is 1. The number of piperidine rings is 1. The largest absolute Gasteiger partial charge is 0.356 e. The molecule has 4 rings (SSSR count). The van der Waals surface area contributed by atoms with Crippen LogP contribution in [0.4, 0.5) is 0 Å². The molecule has 3 aromatic rings. The van der Waals surface area contributed by atoms with Crippen molar-refractivity contribution in [3.05, 3.63) is 71.9 Å². The molecule has 0 spiro atoms. The molecule has 0 atom stereocenters. The summed E-state index contributed by atoms with van der Waals surface area (Å²) in [6, 6.07) is 17.3. The van der Waals surface area contributed by atoms with Gasteiger partial charge in [-0.15, -0.1) is 0 Å². The summed E-state index contributed by atoms with van der Waals surface area (Å²) in [4.78, 5) is 16.9. The Labute approximate surface area is 188 Å². The van der Waals surface area contributed by atoms with Crippen LogP contribution in [0.1, 0.15) is 24.8 Å². The van der Waals surface area contributed by atoms with Crippen LogP contribution in [-0.2, 0) is 21.4 Å². The Bertz CT molecular complexity index is 1180. The van der Waals surface area contributed by atoms with Crippen molar-refractivity contribution >= 4 is 33.0 Å². The van der Waals surface area contributed by atoms with Gasteiger partial charge in [-0.1, -0.05) is 42.5 Å². The second-order valence-electron chi connectivity index (χ2n) is 8.00. The molecule has 1 aliphatic heterocycles. The van der Waals surface area contributed by atoms with E-state index in [0.29, 0.717) is 32.5 Å². The van der Waals surface area contributed by atoms with Crippen molar-refractivity contribution < 1.29 is 13.2 Å². The summed E-state index contributed by atoms with van der Waals surface area (Å²) in [5, 5.41) is 4.26. The van der Waals surface area contributed by atoms with E-state index in [1.165, 1.54) is 9.71 Å². The van der Waals surface area contributed by atoms with Gasteiger partial charge >= 0.3 is 0 Å². The third-order valence-corrected chi connectivity index (χ3v) is 7.38. The maximum atomic E-state index is 12.6. The Hall–Kier alpha value is -2.97. The number of aryl methyl sites for hydroxylation is 1. The SMILES string of the molecule is O=C(NCCCn1cnc2ccccc21)C1CCN(S(=O)(=O)C=Cc2ccccc2)CC1. The number of benzene rings is 2. The number of sulfonamides is 1. The summed E-state index contributed by atoms with van der Waals surface area (Å²) in [7, 11) is -3.48. The first-order valence-corrected chi connectivity index (χ1v) is 12.4. The van der Waals surface area contributed by atoms with Gasteiger partial charge in [-0.3, -0.25) is 4.79 Å². The highest BCUT2D eigenvalue weighted by atomic mass is 32.2. The molecule has 0 aliphatic carbocycles. The molecule has 2 heterocycles. The minimum atomic E-state index is -3.48. The van der Waals surface area contributed by atoms with Crippen molar-refractivity contribution in [3.63, 3.8) is 0 Å². The Morgan fingerprint density at radius 2 is 1.78 bits per heavy atom. The Morgan fingerprint density at radius 1 is 1.06 bits per heavy atom. The third-order valence-electron chi connectivity index (χ3n) is 5.82. The predicted octanol–water partition coefficient (Wildman–Crippen LogP) is 3.26. The van der Waals surface area contributed by atoms with Crippen LogP contribution >= 0.6 is 0 Å². The molecule has 0 bridgehead atoms. The Balaban J connectivity index is 1.21. The first-order chi connectivity index (χ1) is 15.5. The number of carbonyl (C=O) groups is 1. The smallest absolute Gasteiger partial charge is 0.236 e. The molecule has 1 N–H and O–H groups in total. The maximum absolute atomic E-state index is 12.6. The zero-order chi connectivity index (χ0) is 22.4. The van der Waals surface area contributed by atoms with Gasteiger partial charge in [-0.05, 0) is 43.0 Å². The molecule has 1 fully saturated rings. The lowest BCUT2D eigenvalue weighted by atomic mass is 9.97. The normalized spacial score (nSPS) is 16.0. The number of carbonyl (C=O) groups excluding carboxylic acids is 1. The van der Waals surface area contributed by atoms with E-state index in [9.17, 15) is 13.2 Å². The van der Waals surface area contributed by atoms with Crippen molar-refractivity contribution in [2.45, 2.75) is 25.8 Å². The lowest BCUT2D eigenvalue weighted by Gasteiger charge is -2.29. The van der Waals surface area contributed by atoms with E-state index >= 15 is 0 Å². The lowest BCUT2D eigenvalue weighted by Crippen LogP contribution is -2.42. The van der Waals surface area contributed by atoms with E-state index in [0.717, 1.165) is 29.6 Å². The fourth-order valence-corrected chi connectivity index (χ4v) is 5.20. The van der Waals surface area contributed by atoms with Crippen LogP contribution in [0.2, 0.25) is 0 Å². The van der Waals surface area contributed by atoms with Crippen LogP contribution in [0, 0.1) is 5.92 Å². The van der Waals surface area contributed by atoms with Crippen molar-refractivity contribution in [1.82, 2.24) is 19.2 Å². The Kier molecular flexibility index (Phi) is 7.02. The average Bonchev–Trinajstić information content (AvgIpc) is 3.24. The van der Waals surface area contributed by atoms with Crippen molar-refractivity contribution in [3.8, 4) is 0 Å². The molecule has 1 amide bonds. The number of hydrogen-bond donors (Lipinski definition) is 1. The van der Waals surface area contributed by atoms with Crippen LogP contribution in [0.15, 0.2) is 66.3 Å². The fourth-order valence-electron chi connectivity index (χ4n) is 3.98. The number of fused-ring (bicyclic) bond motifs is 1. The number of nitrogens with one attached hydrogen (secondary N) is 1. The standard InChI is InChI=1S/C24H28N4O3S/c29-24(25-14-6-15-27-19-26-22-9-4-5-10-23(22)27)21-11-16-28(17-12-21)32(30,31)18-13-20-7-2-1-3-8-20/h1-5,7-10,13,18-19,21H,6,11-12,14-17H2,(H,25,29). The summed E-state index contributed by atoms with van der Waals surface area (Å²) in [5.41, 5.74) is 2.90. The van der Waals surface area contributed by atoms with E-state index in [1.54, 1.807) is 6.08 Å². The molecule has 8 heteroatoms. The Morgan fingerprint density at radius 3 is 2.56 bits per heavy atom. The van der Waals surface area contributed by atoms with Crippen molar-refractivity contribution in [1.29, 1.82) is 0 Å². The minimum absolute atomic E-state index is 0.0114. The number of hydrogen-bond acceptors (Lipinski definition) is 4. The average molecular weight is 453 g/mol. The summed E-state index contributed by atoms with van der Waals surface area (Å²) < 4.78 is 28.7. The second-order valence-corrected chi connectivity index (χ2v) is 9.82. The van der Waals surface area contributed by atoms with Gasteiger partial charge in [0.1, 0.15) is 0 Å². The highest BCUT2D eigenvalue weighted by Gasteiger charge is 2.29. The molecular weight excluding hydrogens is 424 g/mol.